The van der Waals surface area contributed by atoms with Crippen LogP contribution in [0.3, 0.4) is 0 Å². The average molecular weight is 319 g/mol. The van der Waals surface area contributed by atoms with Crippen molar-refractivity contribution in [3.63, 3.8) is 0 Å². The molecule has 0 aliphatic carbocycles. The Balaban J connectivity index is 1.83. The molecule has 0 atom stereocenters. The molecule has 0 unspecified atom stereocenters. The number of ketones is 1. The Morgan fingerprint density at radius 1 is 1.09 bits per heavy atom. The number of carbonyl (C=O) groups excluding carboxylic acids is 1. The average Bonchev–Trinajstić information content (AvgIpc) is 2.96. The van der Waals surface area contributed by atoms with Crippen LogP contribution in [0.1, 0.15) is 15.9 Å². The summed E-state index contributed by atoms with van der Waals surface area (Å²) in [6.45, 7) is 0.182. The lowest BCUT2D eigenvalue weighted by molar-refractivity contribution is 0.104. The van der Waals surface area contributed by atoms with Crippen molar-refractivity contribution in [1.29, 1.82) is 0 Å². The van der Waals surface area contributed by atoms with Crippen molar-refractivity contribution in [2.75, 3.05) is 6.79 Å². The van der Waals surface area contributed by atoms with Crippen LogP contribution in [0.2, 0.25) is 5.02 Å². The van der Waals surface area contributed by atoms with Crippen LogP contribution in [0.5, 0.6) is 23.0 Å². The Morgan fingerprint density at radius 2 is 1.86 bits per heavy atom. The van der Waals surface area contributed by atoms with Gasteiger partial charge in [-0.1, -0.05) is 23.7 Å². The third-order valence-electron chi connectivity index (χ3n) is 3.15. The summed E-state index contributed by atoms with van der Waals surface area (Å²) in [6.07, 6.45) is 2.89. The number of phenolic OH excluding ortho intramolecular Hbond substituents is 2. The molecule has 1 heterocycles. The number of fused-ring (bicyclic) bond motifs is 1. The minimum atomic E-state index is -0.433. The summed E-state index contributed by atoms with van der Waals surface area (Å²) in [6, 6.07) is 7.53. The highest BCUT2D eigenvalue weighted by Crippen LogP contribution is 2.33. The second-order valence-corrected chi connectivity index (χ2v) is 5.04. The van der Waals surface area contributed by atoms with Crippen molar-refractivity contribution in [3.05, 3.63) is 52.6 Å². The fourth-order valence-electron chi connectivity index (χ4n) is 2.03. The molecule has 3 rings (SSSR count). The number of allylic oxidation sites excluding steroid dienone is 1. The summed E-state index contributed by atoms with van der Waals surface area (Å²) < 4.78 is 10.5. The minimum absolute atomic E-state index is 0.00219. The van der Waals surface area contributed by atoms with Crippen LogP contribution >= 0.6 is 11.6 Å². The standard InChI is InChI=1S/C16H11ClO5/c17-11-6-10(13(19)7-14(11)20)12(18)3-1-9-2-4-15-16(5-9)22-8-21-15/h1-7,19-20H,8H2/b3-1+. The van der Waals surface area contributed by atoms with Gasteiger partial charge in [-0.15, -0.1) is 0 Å². The van der Waals surface area contributed by atoms with E-state index < -0.39 is 5.78 Å². The lowest BCUT2D eigenvalue weighted by Gasteiger charge is -2.03. The van der Waals surface area contributed by atoms with E-state index in [1.165, 1.54) is 12.1 Å². The topological polar surface area (TPSA) is 76.0 Å². The molecule has 0 aromatic heterocycles. The van der Waals surface area contributed by atoms with Gasteiger partial charge in [-0.3, -0.25) is 4.79 Å². The number of ether oxygens (including phenoxy) is 2. The van der Waals surface area contributed by atoms with E-state index in [1.54, 1.807) is 24.3 Å². The monoisotopic (exact) mass is 318 g/mol. The number of aromatic hydroxyl groups is 2. The Labute approximate surface area is 131 Å². The Kier molecular flexibility index (Phi) is 3.65. The van der Waals surface area contributed by atoms with Crippen molar-refractivity contribution < 1.29 is 24.5 Å². The molecule has 22 heavy (non-hydrogen) atoms. The highest BCUT2D eigenvalue weighted by Gasteiger charge is 2.14. The predicted octanol–water partition coefficient (Wildman–Crippen LogP) is 3.38. The number of hydrogen-bond donors (Lipinski definition) is 2. The van der Waals surface area contributed by atoms with Crippen LogP contribution in [0.4, 0.5) is 0 Å². The number of rotatable bonds is 3. The number of carbonyl (C=O) groups is 1. The van der Waals surface area contributed by atoms with Gasteiger partial charge in [0.2, 0.25) is 6.79 Å². The van der Waals surface area contributed by atoms with Crippen molar-refractivity contribution in [2.45, 2.75) is 0 Å². The summed E-state index contributed by atoms with van der Waals surface area (Å²) in [5, 5.41) is 19.1. The van der Waals surface area contributed by atoms with Gasteiger partial charge in [-0.05, 0) is 29.8 Å². The highest BCUT2D eigenvalue weighted by molar-refractivity contribution is 6.32. The first-order valence-corrected chi connectivity index (χ1v) is 6.76. The molecule has 6 heteroatoms. The molecular weight excluding hydrogens is 308 g/mol. The van der Waals surface area contributed by atoms with E-state index in [4.69, 9.17) is 21.1 Å². The van der Waals surface area contributed by atoms with E-state index in [0.29, 0.717) is 11.5 Å². The third-order valence-corrected chi connectivity index (χ3v) is 3.46. The summed E-state index contributed by atoms with van der Waals surface area (Å²) in [5.74, 6) is 0.228. The fraction of sp³-hybridized carbons (Fsp3) is 0.0625. The van der Waals surface area contributed by atoms with Crippen LogP contribution in [-0.2, 0) is 0 Å². The zero-order valence-corrected chi connectivity index (χ0v) is 12.0. The van der Waals surface area contributed by atoms with E-state index in [1.807, 2.05) is 0 Å². The largest absolute Gasteiger partial charge is 0.507 e. The molecule has 2 N–H and O–H groups in total. The van der Waals surface area contributed by atoms with Gasteiger partial charge in [-0.2, -0.15) is 0 Å². The third kappa shape index (κ3) is 2.71. The minimum Gasteiger partial charge on any atom is -0.507 e. The summed E-state index contributed by atoms with van der Waals surface area (Å²) in [4.78, 5) is 12.1. The molecule has 2 aromatic rings. The number of phenols is 2. The zero-order chi connectivity index (χ0) is 15.7. The van der Waals surface area contributed by atoms with Gasteiger partial charge in [0, 0.05) is 6.07 Å². The maximum absolute atomic E-state index is 12.1. The Morgan fingerprint density at radius 3 is 2.68 bits per heavy atom. The van der Waals surface area contributed by atoms with Gasteiger partial charge < -0.3 is 19.7 Å². The molecular formula is C16H11ClO5. The van der Waals surface area contributed by atoms with E-state index in [2.05, 4.69) is 0 Å². The van der Waals surface area contributed by atoms with Gasteiger partial charge in [0.05, 0.1) is 10.6 Å². The molecule has 0 fully saturated rings. The molecule has 0 bridgehead atoms. The molecule has 0 saturated carbocycles. The van der Waals surface area contributed by atoms with Crippen LogP contribution in [0.25, 0.3) is 6.08 Å². The van der Waals surface area contributed by atoms with Gasteiger partial charge >= 0.3 is 0 Å². The van der Waals surface area contributed by atoms with Crippen LogP contribution < -0.4 is 9.47 Å². The number of hydrogen-bond acceptors (Lipinski definition) is 5. The van der Waals surface area contributed by atoms with Gasteiger partial charge in [0.1, 0.15) is 11.5 Å². The van der Waals surface area contributed by atoms with Crippen LogP contribution in [-0.4, -0.2) is 22.8 Å². The van der Waals surface area contributed by atoms with Crippen molar-refractivity contribution in [2.24, 2.45) is 0 Å². The summed E-state index contributed by atoms with van der Waals surface area (Å²) >= 11 is 5.74. The normalized spacial score (nSPS) is 12.8. The van der Waals surface area contributed by atoms with Crippen molar-refractivity contribution in [1.82, 2.24) is 0 Å². The summed E-state index contributed by atoms with van der Waals surface area (Å²) in [5.41, 5.74) is 0.766. The maximum atomic E-state index is 12.1. The van der Waals surface area contributed by atoms with Crippen molar-refractivity contribution in [3.8, 4) is 23.0 Å². The molecule has 0 spiro atoms. The Hall–Kier alpha value is -2.66. The van der Waals surface area contributed by atoms with E-state index in [9.17, 15) is 15.0 Å². The quantitative estimate of drug-likeness (QED) is 0.670. The second kappa shape index (κ2) is 5.61. The predicted molar refractivity (Wildman–Crippen MR) is 80.7 cm³/mol. The van der Waals surface area contributed by atoms with E-state index in [0.717, 1.165) is 11.6 Å². The molecule has 1 aliphatic rings. The zero-order valence-electron chi connectivity index (χ0n) is 11.2. The molecule has 0 amide bonds. The molecule has 0 saturated heterocycles. The van der Waals surface area contributed by atoms with Crippen LogP contribution in [0, 0.1) is 0 Å². The maximum Gasteiger partial charge on any atom is 0.231 e. The first-order valence-electron chi connectivity index (χ1n) is 6.38. The first kappa shape index (κ1) is 14.3. The molecule has 0 radical (unpaired) electrons. The van der Waals surface area contributed by atoms with E-state index >= 15 is 0 Å². The lowest BCUT2D eigenvalue weighted by Crippen LogP contribution is -1.95. The second-order valence-electron chi connectivity index (χ2n) is 4.63. The number of benzene rings is 2. The lowest BCUT2D eigenvalue weighted by atomic mass is 10.1. The van der Waals surface area contributed by atoms with Gasteiger partial charge in [-0.25, -0.2) is 0 Å². The summed E-state index contributed by atoms with van der Waals surface area (Å²) in [7, 11) is 0. The smallest absolute Gasteiger partial charge is 0.231 e. The molecule has 112 valence electrons. The highest BCUT2D eigenvalue weighted by atomic mass is 35.5. The molecule has 2 aromatic carbocycles. The fourth-order valence-corrected chi connectivity index (χ4v) is 2.19. The SMILES string of the molecule is O=C(/C=C/c1ccc2c(c1)OCO2)c1cc(Cl)c(O)cc1O. The number of halogens is 1. The van der Waals surface area contributed by atoms with Gasteiger partial charge in [0.25, 0.3) is 0 Å². The Bertz CT molecular complexity index is 782. The molecule has 1 aliphatic heterocycles. The van der Waals surface area contributed by atoms with Crippen molar-refractivity contribution >= 4 is 23.5 Å². The first-order chi connectivity index (χ1) is 10.5. The van der Waals surface area contributed by atoms with Crippen LogP contribution in [0.15, 0.2) is 36.4 Å². The van der Waals surface area contributed by atoms with E-state index in [-0.39, 0.29) is 28.9 Å². The van der Waals surface area contributed by atoms with Gasteiger partial charge in [0.15, 0.2) is 17.3 Å². The molecule has 5 nitrogen and oxygen atoms in total.